The molecule has 9 heteroatoms. The molecular formula is C20H24N4O4S. The third-order valence-corrected chi connectivity index (χ3v) is 7.28. The number of sulfonamides is 1. The SMILES string of the molecule is O=C(c1ccc(S(=O)(=O)N2CCCC2)cc1)N1CCC(Oc2cccnn2)CC1. The van der Waals surface area contributed by atoms with Gasteiger partial charge in [0.05, 0.1) is 4.90 Å². The highest BCUT2D eigenvalue weighted by Gasteiger charge is 2.28. The van der Waals surface area contributed by atoms with Crippen LogP contribution in [0.1, 0.15) is 36.0 Å². The number of rotatable bonds is 5. The molecule has 2 aliphatic heterocycles. The highest BCUT2D eigenvalue weighted by atomic mass is 32.2. The summed E-state index contributed by atoms with van der Waals surface area (Å²) < 4.78 is 32.5. The largest absolute Gasteiger partial charge is 0.473 e. The molecule has 0 aliphatic carbocycles. The molecule has 2 fully saturated rings. The Hall–Kier alpha value is -2.52. The first-order valence-corrected chi connectivity index (χ1v) is 11.3. The highest BCUT2D eigenvalue weighted by Crippen LogP contribution is 2.22. The number of piperidine rings is 1. The predicted molar refractivity (Wildman–Crippen MR) is 106 cm³/mol. The van der Waals surface area contributed by atoms with Crippen LogP contribution >= 0.6 is 0 Å². The van der Waals surface area contributed by atoms with Crippen LogP contribution in [0.4, 0.5) is 0 Å². The van der Waals surface area contributed by atoms with Crippen molar-refractivity contribution in [3.05, 3.63) is 48.2 Å². The molecule has 1 aromatic carbocycles. The minimum absolute atomic E-state index is 0.00345. The average molecular weight is 417 g/mol. The summed E-state index contributed by atoms with van der Waals surface area (Å²) in [6.07, 6.45) is 4.81. The van der Waals surface area contributed by atoms with E-state index in [0.717, 1.165) is 12.8 Å². The number of benzene rings is 1. The Labute approximate surface area is 170 Å². The maximum atomic E-state index is 12.8. The summed E-state index contributed by atoms with van der Waals surface area (Å²) in [6.45, 7) is 2.29. The fraction of sp³-hybridized carbons (Fsp3) is 0.450. The normalized spacial score (nSPS) is 18.7. The standard InChI is InChI=1S/C20H24N4O4S/c25-20(23-14-9-17(10-15-23)28-19-4-3-11-21-22-19)16-5-7-18(8-6-16)29(26,27)24-12-1-2-13-24/h3-8,11,17H,1-2,9-10,12-15H2. The third-order valence-electron chi connectivity index (χ3n) is 5.37. The van der Waals surface area contributed by atoms with Gasteiger partial charge in [0.2, 0.25) is 15.9 Å². The molecule has 0 saturated carbocycles. The van der Waals surface area contributed by atoms with Crippen LogP contribution in [0.15, 0.2) is 47.5 Å². The fourth-order valence-corrected chi connectivity index (χ4v) is 5.24. The van der Waals surface area contributed by atoms with Gasteiger partial charge in [-0.15, -0.1) is 5.10 Å². The molecule has 0 spiro atoms. The molecule has 154 valence electrons. The number of hydrogen-bond acceptors (Lipinski definition) is 6. The van der Waals surface area contributed by atoms with Crippen LogP contribution in [-0.4, -0.2) is 66.0 Å². The second-order valence-corrected chi connectivity index (χ2v) is 9.24. The minimum atomic E-state index is -3.46. The van der Waals surface area contributed by atoms with E-state index in [2.05, 4.69) is 10.2 Å². The molecule has 29 heavy (non-hydrogen) atoms. The highest BCUT2D eigenvalue weighted by molar-refractivity contribution is 7.89. The summed E-state index contributed by atoms with van der Waals surface area (Å²) >= 11 is 0. The Morgan fingerprint density at radius 2 is 1.69 bits per heavy atom. The van der Waals surface area contributed by atoms with Crippen LogP contribution in [-0.2, 0) is 10.0 Å². The first kappa shape index (κ1) is 19.8. The molecule has 0 bridgehead atoms. The van der Waals surface area contributed by atoms with Crippen molar-refractivity contribution < 1.29 is 17.9 Å². The van der Waals surface area contributed by atoms with Crippen molar-refractivity contribution >= 4 is 15.9 Å². The molecule has 0 radical (unpaired) electrons. The first-order chi connectivity index (χ1) is 14.0. The zero-order valence-corrected chi connectivity index (χ0v) is 16.9. The molecule has 1 amide bonds. The average Bonchev–Trinajstić information content (AvgIpc) is 3.31. The number of amides is 1. The monoisotopic (exact) mass is 416 g/mol. The van der Waals surface area contributed by atoms with Crippen LogP contribution in [0.25, 0.3) is 0 Å². The van der Waals surface area contributed by atoms with Crippen LogP contribution in [0.5, 0.6) is 5.88 Å². The Bertz CT molecular complexity index is 936. The van der Waals surface area contributed by atoms with Gasteiger partial charge in [-0.3, -0.25) is 4.79 Å². The summed E-state index contributed by atoms with van der Waals surface area (Å²) in [5, 5.41) is 7.72. The van der Waals surface area contributed by atoms with E-state index >= 15 is 0 Å². The van der Waals surface area contributed by atoms with Crippen LogP contribution in [0.2, 0.25) is 0 Å². The molecule has 2 aromatic rings. The quantitative estimate of drug-likeness (QED) is 0.740. The molecular weight excluding hydrogens is 392 g/mol. The number of hydrogen-bond donors (Lipinski definition) is 0. The third kappa shape index (κ3) is 4.40. The molecule has 4 rings (SSSR count). The minimum Gasteiger partial charge on any atom is -0.473 e. The topological polar surface area (TPSA) is 92.7 Å². The number of carbonyl (C=O) groups is 1. The summed E-state index contributed by atoms with van der Waals surface area (Å²) in [5.74, 6) is 0.403. The summed E-state index contributed by atoms with van der Waals surface area (Å²) in [4.78, 5) is 14.8. The lowest BCUT2D eigenvalue weighted by Gasteiger charge is -2.32. The molecule has 1 aromatic heterocycles. The summed E-state index contributed by atoms with van der Waals surface area (Å²) in [6, 6.07) is 9.81. The van der Waals surface area contributed by atoms with E-state index in [9.17, 15) is 13.2 Å². The molecule has 2 aliphatic rings. The molecule has 8 nitrogen and oxygen atoms in total. The van der Waals surface area contributed by atoms with Crippen LogP contribution in [0, 0.1) is 0 Å². The van der Waals surface area contributed by atoms with Crippen molar-refractivity contribution in [3.63, 3.8) is 0 Å². The van der Waals surface area contributed by atoms with Crippen LogP contribution in [0.3, 0.4) is 0 Å². The summed E-state index contributed by atoms with van der Waals surface area (Å²) in [5.41, 5.74) is 0.499. The lowest BCUT2D eigenvalue weighted by molar-refractivity contribution is 0.0586. The van der Waals surface area contributed by atoms with Gasteiger partial charge in [0.15, 0.2) is 0 Å². The van der Waals surface area contributed by atoms with Crippen molar-refractivity contribution in [3.8, 4) is 5.88 Å². The Kier molecular flexibility index (Phi) is 5.77. The molecule has 0 atom stereocenters. The van der Waals surface area contributed by atoms with E-state index in [4.69, 9.17) is 4.74 Å². The Morgan fingerprint density at radius 1 is 1.00 bits per heavy atom. The lowest BCUT2D eigenvalue weighted by Crippen LogP contribution is -2.41. The van der Waals surface area contributed by atoms with E-state index < -0.39 is 10.0 Å². The van der Waals surface area contributed by atoms with Gasteiger partial charge in [-0.25, -0.2) is 8.42 Å². The van der Waals surface area contributed by atoms with Gasteiger partial charge < -0.3 is 9.64 Å². The van der Waals surface area contributed by atoms with Gasteiger partial charge in [0.25, 0.3) is 5.91 Å². The zero-order chi connectivity index (χ0) is 20.3. The van der Waals surface area contributed by atoms with E-state index in [1.807, 2.05) is 0 Å². The van der Waals surface area contributed by atoms with Gasteiger partial charge >= 0.3 is 0 Å². The number of carbonyl (C=O) groups excluding carboxylic acids is 1. The molecule has 0 unspecified atom stereocenters. The van der Waals surface area contributed by atoms with Crippen molar-refractivity contribution in [1.82, 2.24) is 19.4 Å². The van der Waals surface area contributed by atoms with E-state index in [1.54, 1.807) is 35.4 Å². The molecule has 3 heterocycles. The molecule has 0 N–H and O–H groups in total. The van der Waals surface area contributed by atoms with Crippen molar-refractivity contribution in [2.24, 2.45) is 0 Å². The van der Waals surface area contributed by atoms with E-state index in [1.165, 1.54) is 16.4 Å². The second kappa shape index (κ2) is 8.46. The van der Waals surface area contributed by atoms with Gasteiger partial charge in [0, 0.05) is 56.8 Å². The van der Waals surface area contributed by atoms with Crippen LogP contribution < -0.4 is 4.74 Å². The maximum absolute atomic E-state index is 12.8. The Balaban J connectivity index is 1.35. The van der Waals surface area contributed by atoms with Crippen molar-refractivity contribution in [2.75, 3.05) is 26.2 Å². The fourth-order valence-electron chi connectivity index (χ4n) is 3.73. The number of aromatic nitrogens is 2. The van der Waals surface area contributed by atoms with Crippen molar-refractivity contribution in [2.45, 2.75) is 36.7 Å². The lowest BCUT2D eigenvalue weighted by atomic mass is 10.1. The maximum Gasteiger partial charge on any atom is 0.253 e. The zero-order valence-electron chi connectivity index (χ0n) is 16.1. The number of likely N-dealkylation sites (tertiary alicyclic amines) is 1. The number of nitrogens with zero attached hydrogens (tertiary/aromatic N) is 4. The second-order valence-electron chi connectivity index (χ2n) is 7.31. The first-order valence-electron chi connectivity index (χ1n) is 9.88. The van der Waals surface area contributed by atoms with Gasteiger partial charge in [-0.05, 0) is 43.2 Å². The molecule has 2 saturated heterocycles. The Morgan fingerprint density at radius 3 is 2.31 bits per heavy atom. The van der Waals surface area contributed by atoms with Gasteiger partial charge in [-0.2, -0.15) is 9.40 Å². The van der Waals surface area contributed by atoms with E-state index in [-0.39, 0.29) is 16.9 Å². The summed E-state index contributed by atoms with van der Waals surface area (Å²) in [7, 11) is -3.46. The van der Waals surface area contributed by atoms with Gasteiger partial charge in [-0.1, -0.05) is 0 Å². The number of ether oxygens (including phenoxy) is 1. The van der Waals surface area contributed by atoms with Gasteiger partial charge in [0.1, 0.15) is 6.10 Å². The smallest absolute Gasteiger partial charge is 0.253 e. The van der Waals surface area contributed by atoms with E-state index in [0.29, 0.717) is 50.5 Å². The van der Waals surface area contributed by atoms with Crippen molar-refractivity contribution in [1.29, 1.82) is 0 Å². The predicted octanol–water partition coefficient (Wildman–Crippen LogP) is 1.94.